The summed E-state index contributed by atoms with van der Waals surface area (Å²) in [5.74, 6) is 0.863. The number of carbonyl (C=O) groups excluding carboxylic acids is 1. The van der Waals surface area contributed by atoms with Crippen molar-refractivity contribution in [3.8, 4) is 0 Å². The number of likely N-dealkylation sites (tertiary alicyclic amines) is 1. The molecule has 2 saturated heterocycles. The maximum Gasteiger partial charge on any atom is 0.142 e. The van der Waals surface area contributed by atoms with Crippen LogP contribution in [0.15, 0.2) is 47.5 Å². The van der Waals surface area contributed by atoms with Gasteiger partial charge in [0.05, 0.1) is 6.04 Å². The van der Waals surface area contributed by atoms with Gasteiger partial charge < -0.3 is 19.6 Å². The lowest BCUT2D eigenvalue weighted by Crippen LogP contribution is -2.44. The highest BCUT2D eigenvalue weighted by Gasteiger charge is 2.23. The largest absolute Gasteiger partial charge is 0.388 e. The SMILES string of the molecule is CNc1cc(CC2CN(C)C2)ccc1C.Cc1cn(C(C)C=O)c2ccc(SN3CCCCC3)cc12. The van der Waals surface area contributed by atoms with Gasteiger partial charge in [0.25, 0.3) is 0 Å². The second kappa shape index (κ2) is 12.3. The summed E-state index contributed by atoms with van der Waals surface area (Å²) in [6, 6.07) is 13.2. The Labute approximate surface area is 221 Å². The topological polar surface area (TPSA) is 40.5 Å². The fourth-order valence-electron chi connectivity index (χ4n) is 5.32. The number of fused-ring (bicyclic) bond motifs is 1. The Morgan fingerprint density at radius 1 is 1.06 bits per heavy atom. The molecule has 1 unspecified atom stereocenters. The van der Waals surface area contributed by atoms with E-state index in [-0.39, 0.29) is 6.04 Å². The molecular formula is C30H42N4OS. The molecule has 2 aliphatic rings. The first-order valence-corrected chi connectivity index (χ1v) is 14.1. The number of aldehydes is 1. The van der Waals surface area contributed by atoms with Gasteiger partial charge in [-0.3, -0.25) is 0 Å². The molecule has 36 heavy (non-hydrogen) atoms. The molecule has 194 valence electrons. The fraction of sp³-hybridized carbons (Fsp3) is 0.500. The van der Waals surface area contributed by atoms with Gasteiger partial charge >= 0.3 is 0 Å². The average molecular weight is 507 g/mol. The lowest BCUT2D eigenvalue weighted by Gasteiger charge is -2.36. The normalized spacial score (nSPS) is 17.8. The quantitative estimate of drug-likeness (QED) is 0.299. The smallest absolute Gasteiger partial charge is 0.142 e. The maximum atomic E-state index is 11.1. The number of piperidine rings is 1. The summed E-state index contributed by atoms with van der Waals surface area (Å²) in [5.41, 5.74) is 6.44. The molecule has 6 heteroatoms. The number of nitrogens with zero attached hydrogens (tertiary/aromatic N) is 3. The highest BCUT2D eigenvalue weighted by Crippen LogP contribution is 2.31. The molecular weight excluding hydrogens is 464 g/mol. The molecule has 1 aromatic heterocycles. The van der Waals surface area contributed by atoms with Crippen LogP contribution in [0.5, 0.6) is 0 Å². The van der Waals surface area contributed by atoms with Crippen LogP contribution in [-0.2, 0) is 11.2 Å². The molecule has 2 aliphatic heterocycles. The standard InChI is InChI=1S/C17H22N2OS.C13H20N2/c1-13-11-19(14(2)12-20)17-7-6-15(10-16(13)17)21-18-8-4-3-5-9-18;1-10-4-5-11(7-13(10)14-2)6-12-8-15(3)9-12/h6-7,10-12,14H,3-5,8-9H2,1-2H3;4-5,7,12,14H,6,8-9H2,1-3H3. The number of rotatable bonds is 7. The average Bonchev–Trinajstić information content (AvgIpc) is 3.20. The summed E-state index contributed by atoms with van der Waals surface area (Å²) in [5, 5.41) is 4.50. The zero-order chi connectivity index (χ0) is 25.7. The van der Waals surface area contributed by atoms with E-state index in [1.807, 2.05) is 25.9 Å². The molecule has 2 fully saturated rings. The lowest BCUT2D eigenvalue weighted by molar-refractivity contribution is -0.110. The van der Waals surface area contributed by atoms with Crippen LogP contribution in [0, 0.1) is 19.8 Å². The predicted octanol–water partition coefficient (Wildman–Crippen LogP) is 6.34. The van der Waals surface area contributed by atoms with Gasteiger partial charge in [-0.05, 0) is 106 Å². The number of aromatic nitrogens is 1. The van der Waals surface area contributed by atoms with E-state index in [0.29, 0.717) is 0 Å². The zero-order valence-corrected chi connectivity index (χ0v) is 23.4. The summed E-state index contributed by atoms with van der Waals surface area (Å²) in [6.07, 6.45) is 8.28. The molecule has 0 spiro atoms. The molecule has 2 aromatic carbocycles. The van der Waals surface area contributed by atoms with E-state index in [1.165, 1.54) is 84.5 Å². The number of nitrogens with one attached hydrogen (secondary N) is 1. The van der Waals surface area contributed by atoms with Crippen molar-refractivity contribution >= 4 is 34.8 Å². The molecule has 5 nitrogen and oxygen atoms in total. The lowest BCUT2D eigenvalue weighted by atomic mass is 9.92. The van der Waals surface area contributed by atoms with E-state index in [1.54, 1.807) is 0 Å². The fourth-order valence-corrected chi connectivity index (χ4v) is 6.36. The summed E-state index contributed by atoms with van der Waals surface area (Å²) in [6.45, 7) is 11.1. The van der Waals surface area contributed by atoms with Crippen LogP contribution >= 0.6 is 11.9 Å². The first-order chi connectivity index (χ1) is 17.4. The first-order valence-electron chi connectivity index (χ1n) is 13.3. The molecule has 1 atom stereocenters. The molecule has 3 heterocycles. The monoisotopic (exact) mass is 506 g/mol. The molecule has 0 saturated carbocycles. The second-order valence-electron chi connectivity index (χ2n) is 10.5. The minimum Gasteiger partial charge on any atom is -0.388 e. The third-order valence-corrected chi connectivity index (χ3v) is 8.51. The van der Waals surface area contributed by atoms with Gasteiger partial charge in [-0.15, -0.1) is 0 Å². The van der Waals surface area contributed by atoms with Crippen molar-refractivity contribution in [2.75, 3.05) is 45.6 Å². The Morgan fingerprint density at radius 3 is 2.47 bits per heavy atom. The Morgan fingerprint density at radius 2 is 1.81 bits per heavy atom. The van der Waals surface area contributed by atoms with E-state index in [4.69, 9.17) is 0 Å². The van der Waals surface area contributed by atoms with Gasteiger partial charge in [0.1, 0.15) is 6.29 Å². The van der Waals surface area contributed by atoms with Crippen LogP contribution < -0.4 is 5.32 Å². The summed E-state index contributed by atoms with van der Waals surface area (Å²) in [4.78, 5) is 14.7. The molecule has 1 N–H and O–H groups in total. The summed E-state index contributed by atoms with van der Waals surface area (Å²) >= 11 is 1.87. The molecule has 0 aliphatic carbocycles. The van der Waals surface area contributed by atoms with Crippen molar-refractivity contribution in [3.05, 3.63) is 59.3 Å². The van der Waals surface area contributed by atoms with Crippen LogP contribution in [0.4, 0.5) is 5.69 Å². The van der Waals surface area contributed by atoms with Gasteiger partial charge in [0, 0.05) is 60.9 Å². The van der Waals surface area contributed by atoms with E-state index in [0.717, 1.165) is 17.7 Å². The Bertz CT molecular complexity index is 1160. The van der Waals surface area contributed by atoms with Crippen molar-refractivity contribution in [2.45, 2.75) is 57.4 Å². The van der Waals surface area contributed by atoms with Crippen LogP contribution in [0.25, 0.3) is 10.9 Å². The van der Waals surface area contributed by atoms with E-state index >= 15 is 0 Å². The number of anilines is 1. The van der Waals surface area contributed by atoms with Gasteiger partial charge in [-0.25, -0.2) is 4.31 Å². The highest BCUT2D eigenvalue weighted by atomic mass is 32.2. The van der Waals surface area contributed by atoms with E-state index in [9.17, 15) is 4.79 Å². The summed E-state index contributed by atoms with van der Waals surface area (Å²) < 4.78 is 4.53. The van der Waals surface area contributed by atoms with Crippen molar-refractivity contribution < 1.29 is 4.79 Å². The number of hydrogen-bond acceptors (Lipinski definition) is 5. The highest BCUT2D eigenvalue weighted by molar-refractivity contribution is 7.97. The number of benzene rings is 2. The van der Waals surface area contributed by atoms with Gasteiger partial charge in [-0.1, -0.05) is 18.6 Å². The van der Waals surface area contributed by atoms with Crippen LogP contribution in [-0.4, -0.2) is 60.3 Å². The number of carbonyl (C=O) groups is 1. The summed E-state index contributed by atoms with van der Waals surface area (Å²) in [7, 11) is 4.17. The van der Waals surface area contributed by atoms with E-state index in [2.05, 4.69) is 82.6 Å². The second-order valence-corrected chi connectivity index (χ2v) is 11.7. The Hall–Kier alpha value is -2.28. The van der Waals surface area contributed by atoms with Crippen molar-refractivity contribution in [2.24, 2.45) is 5.92 Å². The molecule has 0 bridgehead atoms. The van der Waals surface area contributed by atoms with Gasteiger partial charge in [0.15, 0.2) is 0 Å². The number of hydrogen-bond donors (Lipinski definition) is 1. The van der Waals surface area contributed by atoms with Crippen LogP contribution in [0.2, 0.25) is 0 Å². The van der Waals surface area contributed by atoms with Gasteiger partial charge in [-0.2, -0.15) is 0 Å². The van der Waals surface area contributed by atoms with Crippen LogP contribution in [0.1, 0.15) is 48.9 Å². The van der Waals surface area contributed by atoms with Crippen LogP contribution in [0.3, 0.4) is 0 Å². The maximum absolute atomic E-state index is 11.1. The van der Waals surface area contributed by atoms with Crippen molar-refractivity contribution in [1.82, 2.24) is 13.8 Å². The Kier molecular flexibility index (Phi) is 9.15. The van der Waals surface area contributed by atoms with Gasteiger partial charge in [0.2, 0.25) is 0 Å². The molecule has 3 aromatic rings. The third kappa shape index (κ3) is 6.53. The minimum absolute atomic E-state index is 0.109. The van der Waals surface area contributed by atoms with E-state index < -0.39 is 0 Å². The number of aryl methyl sites for hydroxylation is 2. The molecule has 0 amide bonds. The Balaban J connectivity index is 0.000000179. The zero-order valence-electron chi connectivity index (χ0n) is 22.6. The predicted molar refractivity (Wildman–Crippen MR) is 154 cm³/mol. The molecule has 5 rings (SSSR count). The minimum atomic E-state index is -0.109. The first kappa shape index (κ1) is 26.8. The molecule has 0 radical (unpaired) electrons. The van der Waals surface area contributed by atoms with Crippen molar-refractivity contribution in [3.63, 3.8) is 0 Å². The third-order valence-electron chi connectivity index (χ3n) is 7.42. The van der Waals surface area contributed by atoms with Crippen molar-refractivity contribution in [1.29, 1.82) is 0 Å².